The summed E-state index contributed by atoms with van der Waals surface area (Å²) in [6.07, 6.45) is 2.24. The van der Waals surface area contributed by atoms with E-state index >= 15 is 0 Å². The molecule has 6 aromatic rings. The van der Waals surface area contributed by atoms with E-state index in [1.807, 2.05) is 78.2 Å². The molecule has 46 heavy (non-hydrogen) atoms. The third-order valence-corrected chi connectivity index (χ3v) is 9.16. The Morgan fingerprint density at radius 2 is 1.35 bits per heavy atom. The molecule has 0 saturated carbocycles. The van der Waals surface area contributed by atoms with E-state index in [1.54, 1.807) is 66.7 Å². The molecule has 0 aliphatic carbocycles. The lowest BCUT2D eigenvalue weighted by molar-refractivity contribution is -0.113. The lowest BCUT2D eigenvalue weighted by Crippen LogP contribution is -2.30. The standard InChI is InChI=1S/C38H30ClN3O3S/c1-2-35(38(45)42-33-14-8-6-12-30(33)31-13-7-9-15-34(31)42)46-29-22-20-28(21-23-29)40-37(44)32(24-25-16-18-27(39)19-17-25)41-36(43)26-10-4-3-5-11-26/h3-24,35H,2H2,1H3,(H,40,44)(H,41,43)/b32-24-. The van der Waals surface area contributed by atoms with E-state index in [2.05, 4.69) is 10.6 Å². The molecular formula is C38H30ClN3O3S. The van der Waals surface area contributed by atoms with Gasteiger partial charge in [0.15, 0.2) is 0 Å². The van der Waals surface area contributed by atoms with Gasteiger partial charge in [-0.15, -0.1) is 11.8 Å². The van der Waals surface area contributed by atoms with Crippen molar-refractivity contribution in [1.82, 2.24) is 9.88 Å². The van der Waals surface area contributed by atoms with Gasteiger partial charge in [0.2, 0.25) is 5.91 Å². The summed E-state index contributed by atoms with van der Waals surface area (Å²) in [6.45, 7) is 2.01. The highest BCUT2D eigenvalue weighted by Crippen LogP contribution is 2.33. The van der Waals surface area contributed by atoms with Crippen LogP contribution >= 0.6 is 23.4 Å². The van der Waals surface area contributed by atoms with Crippen molar-refractivity contribution in [3.8, 4) is 0 Å². The second-order valence-corrected chi connectivity index (χ2v) is 12.3. The zero-order valence-electron chi connectivity index (χ0n) is 24.9. The van der Waals surface area contributed by atoms with Crippen LogP contribution in [0.25, 0.3) is 27.9 Å². The fraction of sp³-hybridized carbons (Fsp3) is 0.0789. The molecule has 6 nitrogen and oxygen atoms in total. The maximum absolute atomic E-state index is 14.0. The molecule has 0 radical (unpaired) electrons. The van der Waals surface area contributed by atoms with E-state index in [1.165, 1.54) is 11.8 Å². The zero-order valence-corrected chi connectivity index (χ0v) is 26.5. The number of benzene rings is 5. The molecule has 1 aromatic heterocycles. The minimum atomic E-state index is -0.479. The van der Waals surface area contributed by atoms with Crippen LogP contribution in [-0.2, 0) is 4.79 Å². The number of amides is 2. The van der Waals surface area contributed by atoms with Gasteiger partial charge in [-0.3, -0.25) is 19.0 Å². The number of rotatable bonds is 9. The summed E-state index contributed by atoms with van der Waals surface area (Å²) in [4.78, 5) is 41.2. The number of anilines is 1. The van der Waals surface area contributed by atoms with Gasteiger partial charge >= 0.3 is 0 Å². The molecule has 0 bridgehead atoms. The number of halogens is 1. The number of nitrogens with zero attached hydrogens (tertiary/aromatic N) is 1. The highest BCUT2D eigenvalue weighted by molar-refractivity contribution is 8.00. The molecule has 5 aromatic carbocycles. The van der Waals surface area contributed by atoms with Crippen molar-refractivity contribution in [1.29, 1.82) is 0 Å². The summed E-state index contributed by atoms with van der Waals surface area (Å²) in [6, 6.07) is 39.0. The second-order valence-electron chi connectivity index (χ2n) is 10.6. The summed E-state index contributed by atoms with van der Waals surface area (Å²) in [5.74, 6) is -0.859. The van der Waals surface area contributed by atoms with E-state index in [4.69, 9.17) is 11.6 Å². The largest absolute Gasteiger partial charge is 0.321 e. The third-order valence-electron chi connectivity index (χ3n) is 7.55. The Morgan fingerprint density at radius 3 is 1.96 bits per heavy atom. The molecule has 1 heterocycles. The van der Waals surface area contributed by atoms with E-state index in [-0.39, 0.29) is 16.9 Å². The first-order valence-corrected chi connectivity index (χ1v) is 16.1. The van der Waals surface area contributed by atoms with Gasteiger partial charge in [-0.25, -0.2) is 0 Å². The minimum Gasteiger partial charge on any atom is -0.321 e. The van der Waals surface area contributed by atoms with Crippen LogP contribution in [-0.4, -0.2) is 27.5 Å². The van der Waals surface area contributed by atoms with Gasteiger partial charge in [0, 0.05) is 31.9 Å². The number of hydrogen-bond acceptors (Lipinski definition) is 4. The Bertz CT molecular complexity index is 2020. The Hall–Kier alpha value is -5.11. The number of fused-ring (bicyclic) bond motifs is 3. The summed E-state index contributed by atoms with van der Waals surface area (Å²) in [5.41, 5.74) is 3.55. The topological polar surface area (TPSA) is 80.2 Å². The van der Waals surface area contributed by atoms with Crippen LogP contribution in [0, 0.1) is 0 Å². The summed E-state index contributed by atoms with van der Waals surface area (Å²) in [7, 11) is 0. The molecule has 8 heteroatoms. The number of carbonyl (C=O) groups excluding carboxylic acids is 3. The van der Waals surface area contributed by atoms with Gasteiger partial charge in [-0.05, 0) is 78.7 Å². The van der Waals surface area contributed by atoms with Crippen LogP contribution in [0.4, 0.5) is 5.69 Å². The number of hydrogen-bond donors (Lipinski definition) is 2. The maximum atomic E-state index is 14.0. The Morgan fingerprint density at radius 1 is 0.761 bits per heavy atom. The monoisotopic (exact) mass is 643 g/mol. The molecule has 0 aliphatic heterocycles. The van der Waals surface area contributed by atoms with E-state index < -0.39 is 11.8 Å². The lowest BCUT2D eigenvalue weighted by Gasteiger charge is -2.16. The molecule has 2 amide bonds. The van der Waals surface area contributed by atoms with Crippen LogP contribution in [0.2, 0.25) is 5.02 Å². The zero-order chi connectivity index (χ0) is 32.0. The van der Waals surface area contributed by atoms with Crippen molar-refractivity contribution in [2.75, 3.05) is 5.32 Å². The molecule has 0 fully saturated rings. The SMILES string of the molecule is CCC(Sc1ccc(NC(=O)/C(=C/c2ccc(Cl)cc2)NC(=O)c2ccccc2)cc1)C(=O)n1c2ccccc2c2ccccc21. The second kappa shape index (κ2) is 13.9. The van der Waals surface area contributed by atoms with Crippen LogP contribution in [0.15, 0.2) is 138 Å². The van der Waals surface area contributed by atoms with Crippen molar-refractivity contribution < 1.29 is 14.4 Å². The quantitative estimate of drug-likeness (QED) is 0.122. The number of aromatic nitrogens is 1. The highest BCUT2D eigenvalue weighted by atomic mass is 35.5. The first-order valence-electron chi connectivity index (χ1n) is 14.9. The molecule has 0 saturated heterocycles. The van der Waals surface area contributed by atoms with Crippen LogP contribution in [0.1, 0.15) is 34.1 Å². The Labute approximate surface area is 276 Å². The smallest absolute Gasteiger partial charge is 0.272 e. The predicted molar refractivity (Wildman–Crippen MR) is 188 cm³/mol. The summed E-state index contributed by atoms with van der Waals surface area (Å²) in [5, 5.41) is 7.98. The highest BCUT2D eigenvalue weighted by Gasteiger charge is 2.24. The number of nitrogens with one attached hydrogen (secondary N) is 2. The lowest BCUT2D eigenvalue weighted by atomic mass is 10.1. The Balaban J connectivity index is 1.19. The summed E-state index contributed by atoms with van der Waals surface area (Å²) < 4.78 is 1.83. The van der Waals surface area contributed by atoms with E-state index in [0.29, 0.717) is 28.3 Å². The average Bonchev–Trinajstić information content (AvgIpc) is 3.43. The first kappa shape index (κ1) is 30.9. The minimum absolute atomic E-state index is 0.0217. The van der Waals surface area contributed by atoms with Crippen LogP contribution < -0.4 is 10.6 Å². The van der Waals surface area contributed by atoms with Crippen molar-refractivity contribution in [3.63, 3.8) is 0 Å². The molecule has 0 spiro atoms. The fourth-order valence-electron chi connectivity index (χ4n) is 5.26. The van der Waals surface area contributed by atoms with Gasteiger partial charge in [-0.2, -0.15) is 0 Å². The first-order chi connectivity index (χ1) is 22.4. The third kappa shape index (κ3) is 6.76. The predicted octanol–water partition coefficient (Wildman–Crippen LogP) is 9.07. The van der Waals surface area contributed by atoms with Crippen LogP contribution in [0.3, 0.4) is 0 Å². The molecule has 228 valence electrons. The van der Waals surface area contributed by atoms with Gasteiger partial charge < -0.3 is 10.6 Å². The van der Waals surface area contributed by atoms with E-state index in [0.717, 1.165) is 26.7 Å². The van der Waals surface area contributed by atoms with Crippen molar-refractivity contribution in [2.24, 2.45) is 0 Å². The fourth-order valence-corrected chi connectivity index (χ4v) is 6.38. The Kier molecular flexibility index (Phi) is 9.33. The molecule has 1 unspecified atom stereocenters. The normalized spacial score (nSPS) is 12.2. The molecule has 1 atom stereocenters. The molecule has 0 aliphatic rings. The molecular weight excluding hydrogens is 614 g/mol. The van der Waals surface area contributed by atoms with Crippen LogP contribution in [0.5, 0.6) is 0 Å². The van der Waals surface area contributed by atoms with Crippen molar-refractivity contribution >= 4 is 74.7 Å². The number of para-hydroxylation sites is 2. The van der Waals surface area contributed by atoms with Gasteiger partial charge in [0.25, 0.3) is 11.8 Å². The molecule has 2 N–H and O–H groups in total. The maximum Gasteiger partial charge on any atom is 0.272 e. The van der Waals surface area contributed by atoms with Crippen molar-refractivity contribution in [2.45, 2.75) is 23.5 Å². The average molecular weight is 644 g/mol. The van der Waals surface area contributed by atoms with Crippen molar-refractivity contribution in [3.05, 3.63) is 149 Å². The number of thioether (sulfide) groups is 1. The van der Waals surface area contributed by atoms with Gasteiger partial charge in [-0.1, -0.05) is 85.3 Å². The summed E-state index contributed by atoms with van der Waals surface area (Å²) >= 11 is 7.53. The van der Waals surface area contributed by atoms with Gasteiger partial charge in [0.05, 0.1) is 16.3 Å². The molecule has 6 rings (SSSR count). The van der Waals surface area contributed by atoms with Gasteiger partial charge in [0.1, 0.15) is 5.70 Å². The van der Waals surface area contributed by atoms with E-state index in [9.17, 15) is 14.4 Å². The number of carbonyl (C=O) groups is 3.